The monoisotopic (exact) mass is 640 g/mol. The molecule has 0 radical (unpaired) electrons. The van der Waals surface area contributed by atoms with Crippen LogP contribution in [0.1, 0.15) is 132 Å². The molecule has 250 valence electrons. The van der Waals surface area contributed by atoms with Crippen molar-refractivity contribution in [3.8, 4) is 11.1 Å². The number of benzene rings is 1. The maximum Gasteiger partial charge on any atom is 0.0771 e. The highest BCUT2D eigenvalue weighted by Gasteiger charge is 2.26. The van der Waals surface area contributed by atoms with Gasteiger partial charge in [0.05, 0.1) is 34.9 Å². The number of allylic oxidation sites excluding steroid dienone is 4. The van der Waals surface area contributed by atoms with Crippen LogP contribution in [0.5, 0.6) is 0 Å². The Morgan fingerprint density at radius 1 is 0.521 bits per heavy atom. The molecule has 2 aliphatic rings. The van der Waals surface area contributed by atoms with E-state index in [9.17, 15) is 5.11 Å². The number of aromatic nitrogens is 4. The number of nitrogens with one attached hydrogen (secondary N) is 2. The topological polar surface area (TPSA) is 77.6 Å². The molecule has 3 aromatic heterocycles. The van der Waals surface area contributed by atoms with Gasteiger partial charge in [0.1, 0.15) is 0 Å². The Balaban J connectivity index is 1.95. The van der Waals surface area contributed by atoms with Crippen LogP contribution in [-0.2, 0) is 32.3 Å². The summed E-state index contributed by atoms with van der Waals surface area (Å²) in [5.74, 6) is 0. The Labute approximate surface area is 286 Å². The largest absolute Gasteiger partial charge is 0.392 e. The van der Waals surface area contributed by atoms with Gasteiger partial charge in [-0.25, -0.2) is 9.97 Å². The first kappa shape index (κ1) is 33.7. The van der Waals surface area contributed by atoms with Crippen LogP contribution in [0.3, 0.4) is 0 Å². The normalized spacial score (nSPS) is 13.3. The van der Waals surface area contributed by atoms with Crippen LogP contribution in [0.4, 0.5) is 0 Å². The number of aliphatic hydroxyl groups excluding tert-OH is 1. The second-order valence-electron chi connectivity index (χ2n) is 12.9. The third-order valence-electron chi connectivity index (χ3n) is 10.6. The number of aliphatic hydroxyl groups is 1. The zero-order valence-corrected chi connectivity index (χ0v) is 30.2. The lowest BCUT2D eigenvalue weighted by atomic mass is 9.91. The molecule has 8 bridgehead atoms. The molecule has 0 saturated heterocycles. The van der Waals surface area contributed by atoms with Gasteiger partial charge in [0.15, 0.2) is 0 Å². The minimum absolute atomic E-state index is 0.0372. The Bertz CT molecular complexity index is 2100. The second-order valence-corrected chi connectivity index (χ2v) is 12.9. The molecule has 48 heavy (non-hydrogen) atoms. The number of fused-ring (bicyclic) bond motifs is 8. The van der Waals surface area contributed by atoms with Crippen LogP contribution in [0.2, 0.25) is 0 Å². The first-order valence-corrected chi connectivity index (χ1v) is 18.4. The van der Waals surface area contributed by atoms with Crippen molar-refractivity contribution in [2.24, 2.45) is 0 Å². The van der Waals surface area contributed by atoms with Crippen LogP contribution >= 0.6 is 0 Å². The van der Waals surface area contributed by atoms with Gasteiger partial charge in [-0.1, -0.05) is 79.7 Å². The summed E-state index contributed by atoms with van der Waals surface area (Å²) in [5, 5.41) is 10.6. The van der Waals surface area contributed by atoms with Crippen molar-refractivity contribution in [2.45, 2.75) is 113 Å². The fourth-order valence-electron chi connectivity index (χ4n) is 8.35. The molecule has 0 aliphatic carbocycles. The molecule has 1 aromatic carbocycles. The lowest BCUT2D eigenvalue weighted by molar-refractivity contribution is 0.282. The summed E-state index contributed by atoms with van der Waals surface area (Å²) in [6.45, 7) is 18.0. The van der Waals surface area contributed by atoms with Gasteiger partial charge < -0.3 is 15.1 Å². The van der Waals surface area contributed by atoms with E-state index in [1.165, 1.54) is 50.1 Å². The van der Waals surface area contributed by atoms with E-state index < -0.39 is 0 Å². The van der Waals surface area contributed by atoms with Gasteiger partial charge in [-0.15, -0.1) is 0 Å². The van der Waals surface area contributed by atoms with Gasteiger partial charge in [-0.05, 0) is 125 Å². The third kappa shape index (κ3) is 5.46. The minimum atomic E-state index is -0.0372. The van der Waals surface area contributed by atoms with Crippen molar-refractivity contribution < 1.29 is 5.11 Å². The number of H-pyrrole nitrogens is 2. The van der Waals surface area contributed by atoms with Crippen LogP contribution in [0.15, 0.2) is 42.5 Å². The number of aryl methyl sites for hydroxylation is 4. The summed E-state index contributed by atoms with van der Waals surface area (Å²) < 4.78 is 0. The van der Waals surface area contributed by atoms with Crippen molar-refractivity contribution >= 4 is 44.4 Å². The number of aromatic amines is 2. The lowest BCUT2D eigenvalue weighted by Crippen LogP contribution is -1.96. The first-order chi connectivity index (χ1) is 23.4. The van der Waals surface area contributed by atoms with Crippen molar-refractivity contribution in [3.05, 3.63) is 93.1 Å². The molecule has 6 rings (SSSR count). The summed E-state index contributed by atoms with van der Waals surface area (Å²) >= 11 is 0. The molecular formula is C43H52N4O. The average molecular weight is 641 g/mol. The number of nitrogens with zero attached hydrogens (tertiary/aromatic N) is 2. The SMILES string of the molecule is CCC1=C(CC)c2cc3[nH]c(cc4[nH]c(c(CC)c4CC)c(-c4ccccc4CO)c4nc(cc1n2)C(CC)=C4CC)c(CC)c3CC. The zero-order chi connectivity index (χ0) is 34.1. The highest BCUT2D eigenvalue weighted by Crippen LogP contribution is 2.44. The van der Waals surface area contributed by atoms with Crippen LogP contribution in [0.25, 0.3) is 55.5 Å². The molecule has 4 aromatic rings. The van der Waals surface area contributed by atoms with Gasteiger partial charge in [0.25, 0.3) is 0 Å². The summed E-state index contributed by atoms with van der Waals surface area (Å²) in [6, 6.07) is 15.2. The van der Waals surface area contributed by atoms with Gasteiger partial charge in [0.2, 0.25) is 0 Å². The highest BCUT2D eigenvalue weighted by atomic mass is 16.3. The van der Waals surface area contributed by atoms with Crippen LogP contribution in [-0.4, -0.2) is 25.0 Å². The standard InChI is InChI=1S/C43H52N4O/c1-9-26-28(11-3)37-22-39-30(13-5)32(15-7)42(46-39)41(34-20-18-17-19-25(34)24-48)43-33(16-8)31(14-6)40(47-43)23-38-29(12-4)27(10-2)36(45-38)21-35(26)44-37/h17-23,44,46,48H,9-16,24H2,1-8H3. The molecule has 3 N–H and O–H groups in total. The summed E-state index contributed by atoms with van der Waals surface area (Å²) in [4.78, 5) is 18.8. The van der Waals surface area contributed by atoms with E-state index in [0.29, 0.717) is 0 Å². The van der Waals surface area contributed by atoms with E-state index in [4.69, 9.17) is 9.97 Å². The molecule has 0 atom stereocenters. The Morgan fingerprint density at radius 2 is 1.02 bits per heavy atom. The lowest BCUT2D eigenvalue weighted by Gasteiger charge is -2.13. The van der Waals surface area contributed by atoms with Gasteiger partial charge >= 0.3 is 0 Å². The summed E-state index contributed by atoms with van der Waals surface area (Å²) in [5.41, 5.74) is 22.3. The fourth-order valence-corrected chi connectivity index (χ4v) is 8.35. The quantitative estimate of drug-likeness (QED) is 0.161. The number of hydrogen-bond acceptors (Lipinski definition) is 3. The van der Waals surface area contributed by atoms with Crippen molar-refractivity contribution in [3.63, 3.8) is 0 Å². The van der Waals surface area contributed by atoms with Gasteiger partial charge in [0, 0.05) is 22.1 Å². The summed E-state index contributed by atoms with van der Waals surface area (Å²) in [7, 11) is 0. The first-order valence-electron chi connectivity index (χ1n) is 18.4. The van der Waals surface area contributed by atoms with Crippen molar-refractivity contribution in [1.29, 1.82) is 0 Å². The van der Waals surface area contributed by atoms with E-state index in [-0.39, 0.29) is 6.61 Å². The molecule has 0 saturated carbocycles. The Kier molecular flexibility index (Phi) is 9.89. The average Bonchev–Trinajstić information content (AvgIpc) is 3.84. The van der Waals surface area contributed by atoms with Gasteiger partial charge in [-0.3, -0.25) is 0 Å². The van der Waals surface area contributed by atoms with E-state index >= 15 is 0 Å². The van der Waals surface area contributed by atoms with E-state index in [1.54, 1.807) is 0 Å². The Hall–Kier alpha value is -4.22. The molecule has 2 aliphatic heterocycles. The highest BCUT2D eigenvalue weighted by molar-refractivity contribution is 6.02. The predicted octanol–water partition coefficient (Wildman–Crippen LogP) is 11.2. The molecule has 5 heterocycles. The molecule has 0 amide bonds. The number of rotatable bonds is 10. The molecule has 5 heteroatoms. The van der Waals surface area contributed by atoms with E-state index in [0.717, 1.165) is 107 Å². The third-order valence-corrected chi connectivity index (χ3v) is 10.6. The molecule has 0 unspecified atom stereocenters. The smallest absolute Gasteiger partial charge is 0.0771 e. The van der Waals surface area contributed by atoms with Crippen molar-refractivity contribution in [2.75, 3.05) is 0 Å². The predicted molar refractivity (Wildman–Crippen MR) is 205 cm³/mol. The molecular weight excluding hydrogens is 589 g/mol. The minimum Gasteiger partial charge on any atom is -0.392 e. The van der Waals surface area contributed by atoms with Crippen LogP contribution in [0, 0.1) is 0 Å². The van der Waals surface area contributed by atoms with Crippen molar-refractivity contribution in [1.82, 2.24) is 19.9 Å². The van der Waals surface area contributed by atoms with Crippen LogP contribution < -0.4 is 0 Å². The Morgan fingerprint density at radius 3 is 1.60 bits per heavy atom. The maximum absolute atomic E-state index is 10.6. The molecule has 5 nitrogen and oxygen atoms in total. The second kappa shape index (κ2) is 14.1. The fraction of sp³-hybridized carbons (Fsp3) is 0.395. The number of hydrogen-bond donors (Lipinski definition) is 3. The van der Waals surface area contributed by atoms with E-state index in [1.807, 2.05) is 12.1 Å². The maximum atomic E-state index is 10.6. The van der Waals surface area contributed by atoms with E-state index in [2.05, 4.69) is 95.7 Å². The molecule has 0 spiro atoms. The molecule has 0 fully saturated rings. The van der Waals surface area contributed by atoms with Gasteiger partial charge in [-0.2, -0.15) is 0 Å². The zero-order valence-electron chi connectivity index (χ0n) is 30.2. The summed E-state index contributed by atoms with van der Waals surface area (Å²) in [6.07, 6.45) is 7.30.